The highest BCUT2D eigenvalue weighted by atomic mass is 35.5. The third-order valence-electron chi connectivity index (χ3n) is 7.21. The zero-order valence-corrected chi connectivity index (χ0v) is 22.4. The maximum Gasteiger partial charge on any atom is 0.248 e. The minimum atomic E-state index is -1.21. The van der Waals surface area contributed by atoms with E-state index < -0.39 is 17.3 Å². The molecule has 0 saturated heterocycles. The first-order valence-corrected chi connectivity index (χ1v) is 13.8. The number of nitrogens with two attached hydrogens (primary N) is 1. The minimum Gasteiger partial charge on any atom is -0.383 e. The molecule has 0 radical (unpaired) electrons. The number of halogens is 3. The Balaban J connectivity index is 1.18. The lowest BCUT2D eigenvalue weighted by Crippen LogP contribution is -2.34. The lowest BCUT2D eigenvalue weighted by Gasteiger charge is -2.34. The molecule has 3 aromatic heterocycles. The first kappa shape index (κ1) is 25.6. The zero-order valence-electron chi connectivity index (χ0n) is 20.0. The fourth-order valence-corrected chi connectivity index (χ4v) is 6.65. The average Bonchev–Trinajstić information content (AvgIpc) is 3.48. The summed E-state index contributed by atoms with van der Waals surface area (Å²) in [5, 5.41) is 16.8. The molecule has 0 atom stereocenters. The molecule has 0 unspecified atom stereocenters. The van der Waals surface area contributed by atoms with Crippen LogP contribution in [-0.2, 0) is 16.9 Å². The van der Waals surface area contributed by atoms with E-state index in [0.717, 1.165) is 30.2 Å². The van der Waals surface area contributed by atoms with Gasteiger partial charge in [0, 0.05) is 35.0 Å². The van der Waals surface area contributed by atoms with E-state index in [1.165, 1.54) is 29.8 Å². The number of rotatable bonds is 7. The third kappa shape index (κ3) is 4.69. The fourth-order valence-electron chi connectivity index (χ4n) is 4.94. The molecule has 6 rings (SSSR count). The SMILES string of the molecule is NC(=O)c1cc(F)c2nc(C3(O)CCC(OCc4c(-c5c(Cl)cncc5Cl)noc4C4CC4)CC3)sc2c1. The summed E-state index contributed by atoms with van der Waals surface area (Å²) >= 11 is 14.0. The summed E-state index contributed by atoms with van der Waals surface area (Å²) in [5.74, 6) is -0.250. The average molecular weight is 577 g/mol. The third-order valence-corrected chi connectivity index (χ3v) is 8.98. The quantitative estimate of drug-likeness (QED) is 0.271. The molecule has 2 fully saturated rings. The second-order valence-corrected chi connectivity index (χ2v) is 11.7. The number of pyridine rings is 1. The zero-order chi connectivity index (χ0) is 26.6. The molecule has 8 nitrogen and oxygen atoms in total. The van der Waals surface area contributed by atoms with Gasteiger partial charge in [-0.2, -0.15) is 0 Å². The summed E-state index contributed by atoms with van der Waals surface area (Å²) in [5.41, 5.74) is 6.25. The standard InChI is InChI=1S/C26H23Cl2FN4O4S/c27-16-9-31-10-17(28)20(16)21-15(23(37-33-21)12-1-2-12)11-36-14-3-5-26(35,6-4-14)25-32-22-18(29)7-13(24(30)34)8-19(22)38-25/h7-10,12,14,35H,1-6,11H2,(H2,30,34). The van der Waals surface area contributed by atoms with Crippen LogP contribution in [0.3, 0.4) is 0 Å². The highest BCUT2D eigenvalue weighted by molar-refractivity contribution is 7.18. The topological polar surface area (TPSA) is 124 Å². The molecule has 0 bridgehead atoms. The number of hydrogen-bond donors (Lipinski definition) is 2. The number of carbonyl (C=O) groups is 1. The lowest BCUT2D eigenvalue weighted by atomic mass is 9.83. The van der Waals surface area contributed by atoms with E-state index in [1.54, 1.807) is 0 Å². The monoisotopic (exact) mass is 576 g/mol. The molecular weight excluding hydrogens is 554 g/mol. The molecule has 3 heterocycles. The number of hydrogen-bond acceptors (Lipinski definition) is 8. The van der Waals surface area contributed by atoms with Crippen LogP contribution in [0.25, 0.3) is 21.5 Å². The van der Waals surface area contributed by atoms with Crippen molar-refractivity contribution in [1.82, 2.24) is 15.1 Å². The van der Waals surface area contributed by atoms with Gasteiger partial charge in [-0.05, 0) is 50.7 Å². The van der Waals surface area contributed by atoms with Crippen molar-refractivity contribution in [2.45, 2.75) is 62.8 Å². The van der Waals surface area contributed by atoms with Crippen molar-refractivity contribution in [3.8, 4) is 11.3 Å². The van der Waals surface area contributed by atoms with E-state index in [9.17, 15) is 14.3 Å². The Labute approximate surface area is 230 Å². The number of aliphatic hydroxyl groups is 1. The maximum atomic E-state index is 14.5. The fraction of sp³-hybridized carbons (Fsp3) is 0.385. The number of fused-ring (bicyclic) bond motifs is 1. The van der Waals surface area contributed by atoms with Crippen LogP contribution in [-0.4, -0.2) is 32.2 Å². The number of aromatic nitrogens is 3. The van der Waals surface area contributed by atoms with Crippen molar-refractivity contribution in [1.29, 1.82) is 0 Å². The van der Waals surface area contributed by atoms with Gasteiger partial charge in [-0.25, -0.2) is 9.37 Å². The minimum absolute atomic E-state index is 0.0716. The number of nitrogens with zero attached hydrogens (tertiary/aromatic N) is 3. The van der Waals surface area contributed by atoms with E-state index in [2.05, 4.69) is 15.1 Å². The van der Waals surface area contributed by atoms with Crippen LogP contribution in [0.5, 0.6) is 0 Å². The van der Waals surface area contributed by atoms with Gasteiger partial charge in [0.05, 0.1) is 27.5 Å². The predicted molar refractivity (Wildman–Crippen MR) is 141 cm³/mol. The number of amides is 1. The molecule has 2 aliphatic rings. The molecule has 0 aliphatic heterocycles. The van der Waals surface area contributed by atoms with Gasteiger partial charge in [0.2, 0.25) is 5.91 Å². The second-order valence-electron chi connectivity index (χ2n) is 9.86. The Morgan fingerprint density at radius 1 is 1.21 bits per heavy atom. The molecule has 1 amide bonds. The smallest absolute Gasteiger partial charge is 0.248 e. The van der Waals surface area contributed by atoms with Crippen molar-refractivity contribution < 1.29 is 23.6 Å². The van der Waals surface area contributed by atoms with Crippen molar-refractivity contribution in [3.05, 3.63) is 62.3 Å². The van der Waals surface area contributed by atoms with Gasteiger partial charge in [0.1, 0.15) is 27.6 Å². The second kappa shape index (κ2) is 9.84. The first-order chi connectivity index (χ1) is 18.2. The summed E-state index contributed by atoms with van der Waals surface area (Å²) < 4.78 is 27.0. The molecule has 12 heteroatoms. The maximum absolute atomic E-state index is 14.5. The Morgan fingerprint density at radius 2 is 1.92 bits per heavy atom. The van der Waals surface area contributed by atoms with Crippen LogP contribution in [0.2, 0.25) is 10.0 Å². The lowest BCUT2D eigenvalue weighted by molar-refractivity contribution is -0.0641. The summed E-state index contributed by atoms with van der Waals surface area (Å²) in [6, 6.07) is 2.58. The number of ether oxygens (including phenoxy) is 1. The van der Waals surface area contributed by atoms with E-state index in [1.807, 2.05) is 0 Å². The van der Waals surface area contributed by atoms with Crippen LogP contribution in [0.4, 0.5) is 4.39 Å². The molecule has 3 N–H and O–H groups in total. The molecule has 2 saturated carbocycles. The Morgan fingerprint density at radius 3 is 2.58 bits per heavy atom. The highest BCUT2D eigenvalue weighted by Crippen LogP contribution is 2.47. The van der Waals surface area contributed by atoms with Gasteiger partial charge in [-0.3, -0.25) is 9.78 Å². The molecule has 4 aromatic rings. The van der Waals surface area contributed by atoms with E-state index in [4.69, 9.17) is 38.2 Å². The van der Waals surface area contributed by atoms with Crippen molar-refractivity contribution in [2.24, 2.45) is 5.73 Å². The van der Waals surface area contributed by atoms with Gasteiger partial charge in [-0.1, -0.05) is 28.4 Å². The van der Waals surface area contributed by atoms with E-state index in [-0.39, 0.29) is 23.8 Å². The molecule has 198 valence electrons. The van der Waals surface area contributed by atoms with Gasteiger partial charge in [0.25, 0.3) is 0 Å². The summed E-state index contributed by atoms with van der Waals surface area (Å²) in [7, 11) is 0. The van der Waals surface area contributed by atoms with Crippen LogP contribution >= 0.6 is 34.5 Å². The Bertz CT molecular complexity index is 1530. The van der Waals surface area contributed by atoms with Crippen molar-refractivity contribution >= 4 is 50.7 Å². The van der Waals surface area contributed by atoms with E-state index >= 15 is 0 Å². The van der Waals surface area contributed by atoms with Crippen LogP contribution in [0.1, 0.15) is 71.1 Å². The van der Waals surface area contributed by atoms with Gasteiger partial charge < -0.3 is 20.1 Å². The van der Waals surface area contributed by atoms with Crippen LogP contribution in [0.15, 0.2) is 29.0 Å². The van der Waals surface area contributed by atoms with Crippen molar-refractivity contribution in [3.63, 3.8) is 0 Å². The predicted octanol–water partition coefficient (Wildman–Crippen LogP) is 6.12. The summed E-state index contributed by atoms with van der Waals surface area (Å²) in [6.07, 6.45) is 6.94. The number of carbonyl (C=O) groups excluding carboxylic acids is 1. The van der Waals surface area contributed by atoms with Crippen molar-refractivity contribution in [2.75, 3.05) is 0 Å². The van der Waals surface area contributed by atoms with Gasteiger partial charge in [-0.15, -0.1) is 11.3 Å². The highest BCUT2D eigenvalue weighted by Gasteiger charge is 2.39. The van der Waals surface area contributed by atoms with Crippen LogP contribution in [0, 0.1) is 5.82 Å². The molecule has 38 heavy (non-hydrogen) atoms. The summed E-state index contributed by atoms with van der Waals surface area (Å²) in [6.45, 7) is 0.269. The first-order valence-electron chi connectivity index (χ1n) is 12.3. The number of benzene rings is 1. The van der Waals surface area contributed by atoms with Gasteiger partial charge in [0.15, 0.2) is 5.82 Å². The Kier molecular flexibility index (Phi) is 6.64. The summed E-state index contributed by atoms with van der Waals surface area (Å²) in [4.78, 5) is 19.9. The van der Waals surface area contributed by atoms with Gasteiger partial charge >= 0.3 is 0 Å². The number of thiazole rings is 1. The molecule has 2 aliphatic carbocycles. The molecule has 1 aromatic carbocycles. The number of primary amides is 1. The Hall–Kier alpha value is -2.63. The van der Waals surface area contributed by atoms with Crippen LogP contribution < -0.4 is 5.73 Å². The molecule has 0 spiro atoms. The van der Waals surface area contributed by atoms with E-state index in [0.29, 0.717) is 62.6 Å². The largest absolute Gasteiger partial charge is 0.383 e. The normalized spacial score (nSPS) is 21.7. The molecular formula is C26H23Cl2FN4O4S.